The lowest BCUT2D eigenvalue weighted by atomic mass is 9.46. The van der Waals surface area contributed by atoms with Crippen molar-refractivity contribution in [3.05, 3.63) is 11.6 Å². The zero-order valence-corrected chi connectivity index (χ0v) is 22.6. The number of hydrogen-bond donors (Lipinski definition) is 2. The highest BCUT2D eigenvalue weighted by Crippen LogP contribution is 2.66. The molecule has 1 heterocycles. The predicted molar refractivity (Wildman–Crippen MR) is 141 cm³/mol. The van der Waals surface area contributed by atoms with E-state index in [2.05, 4.69) is 36.6 Å². The predicted octanol–water partition coefficient (Wildman–Crippen LogP) is 5.80. The van der Waals surface area contributed by atoms with Crippen LogP contribution in [0.5, 0.6) is 0 Å². The molecular weight excluding hydrogens is 462 g/mol. The van der Waals surface area contributed by atoms with Gasteiger partial charge in [-0.25, -0.2) is 4.79 Å². The molecule has 1 saturated heterocycles. The first-order valence-electron chi connectivity index (χ1n) is 13.8. The number of nitrogens with zero attached hydrogens (tertiary/aromatic N) is 1. The summed E-state index contributed by atoms with van der Waals surface area (Å²) in [7, 11) is 0. The minimum absolute atomic E-state index is 0. The van der Waals surface area contributed by atoms with E-state index >= 15 is 0 Å². The summed E-state index contributed by atoms with van der Waals surface area (Å²) in [5.74, 6) is 2.84. The summed E-state index contributed by atoms with van der Waals surface area (Å²) in [5, 5.41) is 10.6. The molecule has 0 bridgehead atoms. The molecule has 35 heavy (non-hydrogen) atoms. The number of nitrogens with one attached hydrogen (secondary N) is 2. The fourth-order valence-electron chi connectivity index (χ4n) is 8.76. The summed E-state index contributed by atoms with van der Waals surface area (Å²) in [6.07, 6.45) is 13.9. The summed E-state index contributed by atoms with van der Waals surface area (Å²) in [6.45, 7) is 8.59. The third-order valence-electron chi connectivity index (χ3n) is 10.6. The quantitative estimate of drug-likeness (QED) is 0.287. The lowest BCUT2D eigenvalue weighted by Crippen LogP contribution is -2.51. The molecule has 1 aliphatic heterocycles. The number of fused-ring (bicyclic) bond motifs is 5. The maximum Gasteiger partial charge on any atom is 0.433 e. The molecule has 4 aliphatic carbocycles. The molecule has 0 aromatic rings. The van der Waals surface area contributed by atoms with Crippen LogP contribution in [0.25, 0.3) is 0 Å². The van der Waals surface area contributed by atoms with Crippen molar-refractivity contribution in [2.45, 2.75) is 97.4 Å². The van der Waals surface area contributed by atoms with Crippen LogP contribution in [-0.4, -0.2) is 36.7 Å². The molecule has 0 radical (unpaired) electrons. The molecule has 0 aromatic heterocycles. The van der Waals surface area contributed by atoms with Gasteiger partial charge in [-0.15, -0.1) is 12.4 Å². The number of allylic oxidation sites excluding steroid dienone is 1. The molecule has 4 fully saturated rings. The highest BCUT2D eigenvalue weighted by molar-refractivity contribution is 5.91. The Bertz CT molecular complexity index is 883. The van der Waals surface area contributed by atoms with Gasteiger partial charge >= 0.3 is 6.09 Å². The van der Waals surface area contributed by atoms with Crippen LogP contribution < -0.4 is 10.6 Å². The van der Waals surface area contributed by atoms with Gasteiger partial charge in [0.2, 0.25) is 0 Å². The number of amides is 1. The van der Waals surface area contributed by atoms with E-state index in [0.717, 1.165) is 50.3 Å². The standard InChI is InChI=1S/C28H43N3O3.ClH/c1-18(31-34-26(33)30-17-20-6-4-5-15-29-20)23-9-10-24-22-8-7-19-16-21(32)11-13-27(19,2)25(22)12-14-28(23,24)3;/h16,20,22-25,29H,4-15,17H2,1-3H3,(H,30,33);1H/b31-18+;/t20-,22-,23+,24?,25-,27-,28+;/m0./s1. The Morgan fingerprint density at radius 2 is 1.94 bits per heavy atom. The zero-order chi connectivity index (χ0) is 23.9. The Morgan fingerprint density at radius 3 is 2.71 bits per heavy atom. The summed E-state index contributed by atoms with van der Waals surface area (Å²) in [6, 6.07) is 0.339. The third-order valence-corrected chi connectivity index (χ3v) is 10.6. The van der Waals surface area contributed by atoms with E-state index in [1.54, 1.807) is 0 Å². The summed E-state index contributed by atoms with van der Waals surface area (Å²) in [4.78, 5) is 29.6. The Balaban J connectivity index is 0.00000289. The molecule has 1 unspecified atom stereocenters. The number of rotatable bonds is 4. The summed E-state index contributed by atoms with van der Waals surface area (Å²) >= 11 is 0. The molecule has 7 heteroatoms. The van der Waals surface area contributed by atoms with Gasteiger partial charge in [-0.2, -0.15) is 0 Å². The number of ketones is 1. The molecule has 6 nitrogen and oxygen atoms in total. The SMILES string of the molecule is C/C(=N\OC(=O)NC[C@@H]1CCCCN1)[C@H]1CCC2[C@@H]3CCC4=CC(=O)CC[C@]4(C)[C@H]3CC[C@@]21C.Cl. The van der Waals surface area contributed by atoms with Crippen molar-refractivity contribution < 1.29 is 14.4 Å². The third kappa shape index (κ3) is 4.94. The summed E-state index contributed by atoms with van der Waals surface area (Å²) < 4.78 is 0. The van der Waals surface area contributed by atoms with Crippen LogP contribution >= 0.6 is 12.4 Å². The van der Waals surface area contributed by atoms with Crippen molar-refractivity contribution in [2.75, 3.05) is 13.1 Å². The van der Waals surface area contributed by atoms with Gasteiger partial charge in [0, 0.05) is 24.9 Å². The van der Waals surface area contributed by atoms with Crippen LogP contribution in [0.4, 0.5) is 4.79 Å². The van der Waals surface area contributed by atoms with Crippen LogP contribution in [0.3, 0.4) is 0 Å². The highest BCUT2D eigenvalue weighted by Gasteiger charge is 2.59. The lowest BCUT2D eigenvalue weighted by Gasteiger charge is -2.58. The molecule has 5 rings (SSSR count). The average Bonchev–Trinajstić information content (AvgIpc) is 3.19. The fraction of sp³-hybridized carbons (Fsp3) is 0.821. The van der Waals surface area contributed by atoms with Gasteiger partial charge in [0.05, 0.1) is 5.71 Å². The molecule has 196 valence electrons. The van der Waals surface area contributed by atoms with Crippen molar-refractivity contribution in [3.63, 3.8) is 0 Å². The second-order valence-corrected chi connectivity index (χ2v) is 12.3. The number of halogens is 1. The number of carbonyl (C=O) groups excluding carboxylic acids is 2. The minimum Gasteiger partial charge on any atom is -0.318 e. The lowest BCUT2D eigenvalue weighted by molar-refractivity contribution is -0.117. The van der Waals surface area contributed by atoms with E-state index in [1.807, 2.05) is 6.08 Å². The fourth-order valence-corrected chi connectivity index (χ4v) is 8.76. The van der Waals surface area contributed by atoms with Gasteiger partial charge in [-0.05, 0) is 106 Å². The molecule has 2 N–H and O–H groups in total. The smallest absolute Gasteiger partial charge is 0.318 e. The van der Waals surface area contributed by atoms with Crippen molar-refractivity contribution in [2.24, 2.45) is 39.7 Å². The first-order valence-corrected chi connectivity index (χ1v) is 13.8. The normalized spacial score (nSPS) is 41.0. The number of oxime groups is 1. The Labute approximate surface area is 216 Å². The number of carbonyl (C=O) groups is 2. The first kappa shape index (κ1) is 26.7. The molecule has 0 aromatic carbocycles. The zero-order valence-electron chi connectivity index (χ0n) is 21.7. The molecule has 0 spiro atoms. The molecular formula is C28H44ClN3O3. The maximum atomic E-state index is 12.3. The van der Waals surface area contributed by atoms with Crippen LogP contribution in [0, 0.1) is 34.5 Å². The van der Waals surface area contributed by atoms with Gasteiger partial charge < -0.3 is 10.6 Å². The van der Waals surface area contributed by atoms with Crippen LogP contribution in [0.15, 0.2) is 16.8 Å². The van der Waals surface area contributed by atoms with Crippen molar-refractivity contribution >= 4 is 30.0 Å². The molecule has 5 aliphatic rings. The Hall–Kier alpha value is -1.40. The van der Waals surface area contributed by atoms with E-state index in [-0.39, 0.29) is 23.2 Å². The van der Waals surface area contributed by atoms with Crippen molar-refractivity contribution in [1.29, 1.82) is 0 Å². The van der Waals surface area contributed by atoms with Crippen molar-refractivity contribution in [3.8, 4) is 0 Å². The molecule has 1 amide bonds. The minimum atomic E-state index is -0.443. The topological polar surface area (TPSA) is 79.8 Å². The van der Waals surface area contributed by atoms with Crippen LogP contribution in [-0.2, 0) is 9.63 Å². The maximum absolute atomic E-state index is 12.3. The van der Waals surface area contributed by atoms with Gasteiger partial charge in [-0.1, -0.05) is 31.0 Å². The largest absolute Gasteiger partial charge is 0.433 e. The van der Waals surface area contributed by atoms with Gasteiger partial charge in [-0.3, -0.25) is 9.63 Å². The molecule has 3 saturated carbocycles. The monoisotopic (exact) mass is 505 g/mol. The van der Waals surface area contributed by atoms with Crippen molar-refractivity contribution in [1.82, 2.24) is 10.6 Å². The van der Waals surface area contributed by atoms with E-state index < -0.39 is 6.09 Å². The average molecular weight is 506 g/mol. The van der Waals surface area contributed by atoms with Crippen LogP contribution in [0.1, 0.15) is 91.4 Å². The highest BCUT2D eigenvalue weighted by atomic mass is 35.5. The molecule has 7 atom stereocenters. The van der Waals surface area contributed by atoms with E-state index in [4.69, 9.17) is 4.84 Å². The van der Waals surface area contributed by atoms with E-state index in [0.29, 0.717) is 36.1 Å². The van der Waals surface area contributed by atoms with E-state index in [1.165, 1.54) is 44.1 Å². The van der Waals surface area contributed by atoms with E-state index in [9.17, 15) is 9.59 Å². The van der Waals surface area contributed by atoms with Gasteiger partial charge in [0.15, 0.2) is 5.78 Å². The second-order valence-electron chi connectivity index (χ2n) is 12.3. The Morgan fingerprint density at radius 1 is 1.11 bits per heavy atom. The number of piperidine rings is 1. The van der Waals surface area contributed by atoms with Gasteiger partial charge in [0.1, 0.15) is 0 Å². The Kier molecular flexibility index (Phi) is 8.02. The number of hydrogen-bond acceptors (Lipinski definition) is 5. The first-order chi connectivity index (χ1) is 16.3. The van der Waals surface area contributed by atoms with Gasteiger partial charge in [0.25, 0.3) is 0 Å². The second kappa shape index (κ2) is 10.5. The summed E-state index contributed by atoms with van der Waals surface area (Å²) in [5.41, 5.74) is 2.85. The van der Waals surface area contributed by atoms with Crippen LogP contribution in [0.2, 0.25) is 0 Å².